The van der Waals surface area contributed by atoms with E-state index in [1.807, 2.05) is 7.05 Å². The highest BCUT2D eigenvalue weighted by atomic mass is 16.4. The van der Waals surface area contributed by atoms with Crippen LogP contribution in [0.15, 0.2) is 12.1 Å². The largest absolute Gasteiger partial charge is 0.481 e. The van der Waals surface area contributed by atoms with Crippen molar-refractivity contribution in [3.05, 3.63) is 34.4 Å². The van der Waals surface area contributed by atoms with Crippen molar-refractivity contribution in [2.45, 2.75) is 39.7 Å². The Hall–Kier alpha value is -1.35. The van der Waals surface area contributed by atoms with Crippen LogP contribution in [0.1, 0.15) is 28.7 Å². The maximum Gasteiger partial charge on any atom is 0.308 e. The predicted molar refractivity (Wildman–Crippen MR) is 76.5 cm³/mol. The summed E-state index contributed by atoms with van der Waals surface area (Å²) in [6, 6.07) is 4.74. The molecule has 1 aliphatic rings. The highest BCUT2D eigenvalue weighted by Gasteiger charge is 2.45. The summed E-state index contributed by atoms with van der Waals surface area (Å²) in [6.07, 6.45) is 1.80. The molecule has 1 N–H and O–H groups in total. The third-order valence-corrected chi connectivity index (χ3v) is 4.33. The van der Waals surface area contributed by atoms with E-state index in [0.717, 1.165) is 19.4 Å². The Kier molecular flexibility index (Phi) is 3.95. The van der Waals surface area contributed by atoms with Gasteiger partial charge in [0.15, 0.2) is 0 Å². The van der Waals surface area contributed by atoms with Gasteiger partial charge < -0.3 is 10.0 Å². The predicted octanol–water partition coefficient (Wildman–Crippen LogP) is 2.56. The molecular weight excluding hydrogens is 238 g/mol. The fourth-order valence-corrected chi connectivity index (χ4v) is 2.69. The first-order valence-electron chi connectivity index (χ1n) is 6.90. The number of nitrogens with zero attached hydrogens (tertiary/aromatic N) is 1. The zero-order chi connectivity index (χ0) is 14.2. The standard InChI is InChI=1S/C16H23NO2/c1-10-7-12(3)13(8-11(10)2)5-6-17(4)15-9-14(15)16(18)19/h7-8,14-15H,5-6,9H2,1-4H3,(H,18,19). The molecule has 0 aromatic heterocycles. The smallest absolute Gasteiger partial charge is 0.308 e. The van der Waals surface area contributed by atoms with Gasteiger partial charge in [-0.25, -0.2) is 0 Å². The van der Waals surface area contributed by atoms with E-state index in [4.69, 9.17) is 5.11 Å². The Labute approximate surface area is 115 Å². The molecule has 19 heavy (non-hydrogen) atoms. The van der Waals surface area contributed by atoms with E-state index in [2.05, 4.69) is 37.8 Å². The van der Waals surface area contributed by atoms with Gasteiger partial charge in [0.05, 0.1) is 5.92 Å². The molecule has 0 spiro atoms. The fraction of sp³-hybridized carbons (Fsp3) is 0.562. The molecule has 1 aromatic carbocycles. The van der Waals surface area contributed by atoms with Crippen LogP contribution in [0.5, 0.6) is 0 Å². The lowest BCUT2D eigenvalue weighted by atomic mass is 9.99. The second-order valence-corrected chi connectivity index (χ2v) is 5.84. The third-order valence-electron chi connectivity index (χ3n) is 4.33. The number of carbonyl (C=O) groups is 1. The van der Waals surface area contributed by atoms with Crippen molar-refractivity contribution in [3.8, 4) is 0 Å². The SMILES string of the molecule is Cc1cc(C)c(CCN(C)C2CC2C(=O)O)cc1C. The van der Waals surface area contributed by atoms with Crippen molar-refractivity contribution in [1.82, 2.24) is 4.90 Å². The highest BCUT2D eigenvalue weighted by Crippen LogP contribution is 2.35. The third kappa shape index (κ3) is 3.16. The van der Waals surface area contributed by atoms with Crippen molar-refractivity contribution in [2.24, 2.45) is 5.92 Å². The Bertz CT molecular complexity index is 496. The molecule has 3 nitrogen and oxygen atoms in total. The van der Waals surface area contributed by atoms with E-state index in [9.17, 15) is 4.79 Å². The first kappa shape index (κ1) is 14.1. The molecule has 1 aromatic rings. The maximum absolute atomic E-state index is 10.9. The van der Waals surface area contributed by atoms with Gasteiger partial charge in [0.25, 0.3) is 0 Å². The summed E-state index contributed by atoms with van der Waals surface area (Å²) in [5.41, 5.74) is 5.38. The average Bonchev–Trinajstić information content (AvgIpc) is 3.12. The van der Waals surface area contributed by atoms with Crippen LogP contribution in [0.3, 0.4) is 0 Å². The number of aryl methyl sites for hydroxylation is 3. The molecule has 1 aliphatic carbocycles. The minimum absolute atomic E-state index is 0.147. The summed E-state index contributed by atoms with van der Waals surface area (Å²) in [4.78, 5) is 13.0. The van der Waals surface area contributed by atoms with Crippen LogP contribution in [0, 0.1) is 26.7 Å². The minimum Gasteiger partial charge on any atom is -0.481 e. The first-order valence-corrected chi connectivity index (χ1v) is 6.90. The molecule has 2 atom stereocenters. The number of likely N-dealkylation sites (N-methyl/N-ethyl adjacent to an activating group) is 1. The molecule has 104 valence electrons. The number of rotatable bonds is 5. The molecular formula is C16H23NO2. The average molecular weight is 261 g/mol. The Balaban J connectivity index is 1.93. The summed E-state index contributed by atoms with van der Waals surface area (Å²) in [6.45, 7) is 7.36. The zero-order valence-corrected chi connectivity index (χ0v) is 12.2. The van der Waals surface area contributed by atoms with Crippen LogP contribution < -0.4 is 0 Å². The van der Waals surface area contributed by atoms with Gasteiger partial charge in [-0.1, -0.05) is 12.1 Å². The second-order valence-electron chi connectivity index (χ2n) is 5.84. The van der Waals surface area contributed by atoms with Gasteiger partial charge in [0.2, 0.25) is 0 Å². The summed E-state index contributed by atoms with van der Waals surface area (Å²) < 4.78 is 0. The monoisotopic (exact) mass is 261 g/mol. The number of hydrogen-bond donors (Lipinski definition) is 1. The van der Waals surface area contributed by atoms with Crippen LogP contribution in [0.4, 0.5) is 0 Å². The van der Waals surface area contributed by atoms with Crippen LogP contribution >= 0.6 is 0 Å². The van der Waals surface area contributed by atoms with E-state index < -0.39 is 5.97 Å². The van der Waals surface area contributed by atoms with E-state index in [1.165, 1.54) is 22.3 Å². The molecule has 0 heterocycles. The van der Waals surface area contributed by atoms with Gasteiger partial charge in [0.1, 0.15) is 0 Å². The molecule has 2 unspecified atom stereocenters. The lowest BCUT2D eigenvalue weighted by molar-refractivity contribution is -0.138. The van der Waals surface area contributed by atoms with E-state index in [0.29, 0.717) is 0 Å². The number of hydrogen-bond acceptors (Lipinski definition) is 2. The molecule has 0 saturated heterocycles. The Morgan fingerprint density at radius 3 is 2.47 bits per heavy atom. The summed E-state index contributed by atoms with van der Waals surface area (Å²) in [5.74, 6) is -0.801. The maximum atomic E-state index is 10.9. The van der Waals surface area contributed by atoms with E-state index in [1.54, 1.807) is 0 Å². The van der Waals surface area contributed by atoms with E-state index >= 15 is 0 Å². The van der Waals surface area contributed by atoms with Gasteiger partial charge in [-0.3, -0.25) is 4.79 Å². The highest BCUT2D eigenvalue weighted by molar-refractivity contribution is 5.74. The van der Waals surface area contributed by atoms with Gasteiger partial charge in [0, 0.05) is 12.6 Å². The number of carboxylic acid groups (broad SMARTS) is 1. The van der Waals surface area contributed by atoms with Crippen LogP contribution in [-0.4, -0.2) is 35.6 Å². The van der Waals surface area contributed by atoms with Gasteiger partial charge in [-0.05, 0) is 62.9 Å². The summed E-state index contributed by atoms with van der Waals surface area (Å²) >= 11 is 0. The molecule has 1 fully saturated rings. The number of benzene rings is 1. The molecule has 2 rings (SSSR count). The summed E-state index contributed by atoms with van der Waals surface area (Å²) in [5, 5.41) is 8.94. The van der Waals surface area contributed by atoms with Crippen molar-refractivity contribution in [2.75, 3.05) is 13.6 Å². The van der Waals surface area contributed by atoms with Crippen molar-refractivity contribution >= 4 is 5.97 Å². The molecule has 0 amide bonds. The van der Waals surface area contributed by atoms with Crippen LogP contribution in [-0.2, 0) is 11.2 Å². The Morgan fingerprint density at radius 1 is 1.26 bits per heavy atom. The Morgan fingerprint density at radius 2 is 1.89 bits per heavy atom. The molecule has 0 radical (unpaired) electrons. The van der Waals surface area contributed by atoms with Crippen LogP contribution in [0.2, 0.25) is 0 Å². The zero-order valence-electron chi connectivity index (χ0n) is 12.2. The molecule has 0 aliphatic heterocycles. The molecule has 1 saturated carbocycles. The first-order chi connectivity index (χ1) is 8.90. The quantitative estimate of drug-likeness (QED) is 0.885. The summed E-state index contributed by atoms with van der Waals surface area (Å²) in [7, 11) is 2.03. The topological polar surface area (TPSA) is 40.5 Å². The van der Waals surface area contributed by atoms with Crippen molar-refractivity contribution < 1.29 is 9.90 Å². The van der Waals surface area contributed by atoms with Gasteiger partial charge >= 0.3 is 5.97 Å². The lowest BCUT2D eigenvalue weighted by Crippen LogP contribution is -2.26. The lowest BCUT2D eigenvalue weighted by Gasteiger charge is -2.17. The van der Waals surface area contributed by atoms with Gasteiger partial charge in [-0.2, -0.15) is 0 Å². The number of aliphatic carboxylic acids is 1. The molecule has 0 bridgehead atoms. The second kappa shape index (κ2) is 5.33. The minimum atomic E-state index is -0.654. The van der Waals surface area contributed by atoms with Gasteiger partial charge in [-0.15, -0.1) is 0 Å². The molecule has 3 heteroatoms. The van der Waals surface area contributed by atoms with Crippen molar-refractivity contribution in [1.29, 1.82) is 0 Å². The van der Waals surface area contributed by atoms with Crippen molar-refractivity contribution in [3.63, 3.8) is 0 Å². The number of carboxylic acids is 1. The van der Waals surface area contributed by atoms with E-state index in [-0.39, 0.29) is 12.0 Å². The van der Waals surface area contributed by atoms with Crippen LogP contribution in [0.25, 0.3) is 0 Å². The normalized spacial score (nSPS) is 21.7. The fourth-order valence-electron chi connectivity index (χ4n) is 2.69.